The van der Waals surface area contributed by atoms with Gasteiger partial charge in [-0.3, -0.25) is 9.59 Å². The predicted octanol–water partition coefficient (Wildman–Crippen LogP) is 3.17. The van der Waals surface area contributed by atoms with E-state index in [0.717, 1.165) is 50.0 Å². The summed E-state index contributed by atoms with van der Waals surface area (Å²) in [5, 5.41) is 5.77. The molecule has 2 amide bonds. The summed E-state index contributed by atoms with van der Waals surface area (Å²) in [5.41, 5.74) is 3.22. The molecule has 6 heteroatoms. The van der Waals surface area contributed by atoms with Gasteiger partial charge < -0.3 is 15.2 Å². The number of hydrogen-bond donors (Lipinski definition) is 2. The van der Waals surface area contributed by atoms with Crippen molar-refractivity contribution in [3.63, 3.8) is 0 Å². The van der Waals surface area contributed by atoms with Crippen molar-refractivity contribution >= 4 is 17.5 Å². The highest BCUT2D eigenvalue weighted by molar-refractivity contribution is 6.03. The van der Waals surface area contributed by atoms with E-state index in [0.29, 0.717) is 18.1 Å². The van der Waals surface area contributed by atoms with Gasteiger partial charge in [-0.1, -0.05) is 26.0 Å². The van der Waals surface area contributed by atoms with Crippen molar-refractivity contribution in [1.29, 1.82) is 0 Å². The molecular formula is C20H26N4O2. The topological polar surface area (TPSA) is 76.0 Å². The number of aromatic nitrogens is 2. The summed E-state index contributed by atoms with van der Waals surface area (Å²) in [6.45, 7) is 5.43. The summed E-state index contributed by atoms with van der Waals surface area (Å²) in [6.07, 6.45) is 4.60. The lowest BCUT2D eigenvalue weighted by molar-refractivity contribution is 0.0947. The van der Waals surface area contributed by atoms with Gasteiger partial charge in [0, 0.05) is 18.8 Å². The number of carbonyl (C=O) groups excluding carboxylic acids is 2. The van der Waals surface area contributed by atoms with Gasteiger partial charge in [0.25, 0.3) is 11.8 Å². The van der Waals surface area contributed by atoms with Crippen LogP contribution in [0.4, 0.5) is 5.69 Å². The Balaban J connectivity index is 1.84. The summed E-state index contributed by atoms with van der Waals surface area (Å²) in [4.78, 5) is 29.6. The molecule has 26 heavy (non-hydrogen) atoms. The van der Waals surface area contributed by atoms with E-state index in [1.54, 1.807) is 0 Å². The van der Waals surface area contributed by atoms with Crippen LogP contribution in [0.15, 0.2) is 24.3 Å². The molecule has 2 N–H and O–H groups in total. The number of hydrogen-bond acceptors (Lipinski definition) is 3. The molecular weight excluding hydrogens is 328 g/mol. The van der Waals surface area contributed by atoms with Crippen molar-refractivity contribution in [1.82, 2.24) is 14.9 Å². The normalized spacial score (nSPS) is 13.2. The Morgan fingerprint density at radius 2 is 1.88 bits per heavy atom. The number of benzene rings is 1. The quantitative estimate of drug-likeness (QED) is 0.836. The van der Waals surface area contributed by atoms with Gasteiger partial charge in [-0.15, -0.1) is 0 Å². The van der Waals surface area contributed by atoms with Crippen LogP contribution in [-0.4, -0.2) is 27.9 Å². The van der Waals surface area contributed by atoms with Gasteiger partial charge in [-0.25, -0.2) is 4.98 Å². The van der Waals surface area contributed by atoms with Crippen molar-refractivity contribution < 1.29 is 9.59 Å². The number of rotatable bonds is 6. The number of amides is 2. The summed E-state index contributed by atoms with van der Waals surface area (Å²) >= 11 is 0. The molecule has 138 valence electrons. The second-order valence-electron chi connectivity index (χ2n) is 6.60. The van der Waals surface area contributed by atoms with Crippen molar-refractivity contribution in [2.24, 2.45) is 0 Å². The monoisotopic (exact) mass is 354 g/mol. The highest BCUT2D eigenvalue weighted by atomic mass is 16.2. The fourth-order valence-corrected chi connectivity index (χ4v) is 3.23. The van der Waals surface area contributed by atoms with E-state index < -0.39 is 0 Å². The average molecular weight is 354 g/mol. The molecule has 0 spiro atoms. The maximum Gasteiger partial charge on any atom is 0.291 e. The fourth-order valence-electron chi connectivity index (χ4n) is 3.23. The largest absolute Gasteiger partial charge is 0.351 e. The highest BCUT2D eigenvalue weighted by Crippen LogP contribution is 2.22. The first-order valence-electron chi connectivity index (χ1n) is 9.42. The molecule has 2 heterocycles. The van der Waals surface area contributed by atoms with Crippen molar-refractivity contribution in [2.75, 3.05) is 11.9 Å². The SMILES string of the molecule is CCCNC(=O)c1nc(C(=O)Nc2ccc(CC)cc2)n2c1CCCC2. The summed E-state index contributed by atoms with van der Waals surface area (Å²) < 4.78 is 1.90. The van der Waals surface area contributed by atoms with Gasteiger partial charge in [-0.05, 0) is 49.8 Å². The number of nitrogens with zero attached hydrogens (tertiary/aromatic N) is 2. The van der Waals surface area contributed by atoms with Gasteiger partial charge in [0.2, 0.25) is 0 Å². The van der Waals surface area contributed by atoms with E-state index in [4.69, 9.17) is 0 Å². The maximum absolute atomic E-state index is 12.8. The van der Waals surface area contributed by atoms with E-state index >= 15 is 0 Å². The third-order valence-corrected chi connectivity index (χ3v) is 4.69. The zero-order valence-corrected chi connectivity index (χ0v) is 15.5. The van der Waals surface area contributed by atoms with Crippen LogP contribution in [0.1, 0.15) is 65.5 Å². The minimum atomic E-state index is -0.271. The first-order chi connectivity index (χ1) is 12.6. The smallest absolute Gasteiger partial charge is 0.291 e. The van der Waals surface area contributed by atoms with E-state index in [2.05, 4.69) is 22.5 Å². The van der Waals surface area contributed by atoms with E-state index in [1.807, 2.05) is 35.8 Å². The summed E-state index contributed by atoms with van der Waals surface area (Å²) in [7, 11) is 0. The number of anilines is 1. The second kappa shape index (κ2) is 8.17. The van der Waals surface area contributed by atoms with Crippen LogP contribution in [0, 0.1) is 0 Å². The first-order valence-corrected chi connectivity index (χ1v) is 9.42. The summed E-state index contributed by atoms with van der Waals surface area (Å²) in [6, 6.07) is 7.79. The zero-order chi connectivity index (χ0) is 18.5. The molecule has 1 aromatic heterocycles. The minimum absolute atomic E-state index is 0.191. The molecule has 1 aliphatic rings. The molecule has 0 saturated heterocycles. The Morgan fingerprint density at radius 1 is 1.12 bits per heavy atom. The standard InChI is InChI=1S/C20H26N4O2/c1-3-12-21-19(25)17-16-7-5-6-13-24(16)18(23-17)20(26)22-15-10-8-14(4-2)9-11-15/h8-11H,3-7,12-13H2,1-2H3,(H,21,25)(H,22,26). The van der Waals surface area contributed by atoms with Gasteiger partial charge >= 0.3 is 0 Å². The maximum atomic E-state index is 12.8. The van der Waals surface area contributed by atoms with Crippen LogP contribution >= 0.6 is 0 Å². The Bertz CT molecular complexity index is 793. The number of fused-ring (bicyclic) bond motifs is 1. The molecule has 0 bridgehead atoms. The van der Waals surface area contributed by atoms with Crippen LogP contribution in [0.25, 0.3) is 0 Å². The average Bonchev–Trinajstić information content (AvgIpc) is 3.06. The van der Waals surface area contributed by atoms with Crippen LogP contribution in [0.5, 0.6) is 0 Å². The van der Waals surface area contributed by atoms with E-state index in [-0.39, 0.29) is 11.8 Å². The van der Waals surface area contributed by atoms with Gasteiger partial charge in [0.1, 0.15) is 5.69 Å². The zero-order valence-electron chi connectivity index (χ0n) is 15.5. The van der Waals surface area contributed by atoms with Crippen LogP contribution < -0.4 is 10.6 Å². The molecule has 0 unspecified atom stereocenters. The number of aryl methyl sites for hydroxylation is 1. The first kappa shape index (κ1) is 18.2. The lowest BCUT2D eigenvalue weighted by Crippen LogP contribution is -2.26. The Hall–Kier alpha value is -2.63. The third kappa shape index (κ3) is 3.79. The lowest BCUT2D eigenvalue weighted by Gasteiger charge is -2.17. The number of imidazole rings is 1. The van der Waals surface area contributed by atoms with Gasteiger partial charge in [0.15, 0.2) is 5.82 Å². The molecule has 6 nitrogen and oxygen atoms in total. The Labute approximate surface area is 154 Å². The van der Waals surface area contributed by atoms with Crippen LogP contribution in [-0.2, 0) is 19.4 Å². The van der Waals surface area contributed by atoms with Crippen molar-refractivity contribution in [3.05, 3.63) is 47.0 Å². The number of carbonyl (C=O) groups is 2. The third-order valence-electron chi connectivity index (χ3n) is 4.69. The molecule has 2 aromatic rings. The van der Waals surface area contributed by atoms with Crippen molar-refractivity contribution in [3.8, 4) is 0 Å². The Kier molecular flexibility index (Phi) is 5.71. The molecule has 0 radical (unpaired) electrons. The van der Waals surface area contributed by atoms with E-state index in [1.165, 1.54) is 5.56 Å². The molecule has 0 fully saturated rings. The molecule has 0 aliphatic carbocycles. The highest BCUT2D eigenvalue weighted by Gasteiger charge is 2.27. The fraction of sp³-hybridized carbons (Fsp3) is 0.450. The number of nitrogens with one attached hydrogen (secondary N) is 2. The predicted molar refractivity (Wildman–Crippen MR) is 102 cm³/mol. The lowest BCUT2D eigenvalue weighted by atomic mass is 10.1. The molecule has 1 aliphatic heterocycles. The second-order valence-corrected chi connectivity index (χ2v) is 6.60. The van der Waals surface area contributed by atoms with Gasteiger partial charge in [-0.2, -0.15) is 0 Å². The molecule has 3 rings (SSSR count). The summed E-state index contributed by atoms with van der Waals surface area (Å²) in [5.74, 6) is -0.142. The van der Waals surface area contributed by atoms with Crippen LogP contribution in [0.2, 0.25) is 0 Å². The van der Waals surface area contributed by atoms with Crippen LogP contribution in [0.3, 0.4) is 0 Å². The molecule has 0 atom stereocenters. The minimum Gasteiger partial charge on any atom is -0.351 e. The molecule has 1 aromatic carbocycles. The van der Waals surface area contributed by atoms with Gasteiger partial charge in [0.05, 0.1) is 5.69 Å². The molecule has 0 saturated carbocycles. The van der Waals surface area contributed by atoms with E-state index in [9.17, 15) is 9.59 Å². The van der Waals surface area contributed by atoms with Crippen molar-refractivity contribution in [2.45, 2.75) is 52.5 Å². The Morgan fingerprint density at radius 3 is 2.58 bits per heavy atom.